The summed E-state index contributed by atoms with van der Waals surface area (Å²) in [6.07, 6.45) is -3.73. The van der Waals surface area contributed by atoms with E-state index in [2.05, 4.69) is 14.2 Å². The molecule has 0 spiro atoms. The number of ether oxygens (including phenoxy) is 2. The molecule has 0 aromatic heterocycles. The van der Waals surface area contributed by atoms with Crippen LogP contribution in [0.4, 0.5) is 14.5 Å². The Morgan fingerprint density at radius 2 is 1.94 bits per heavy atom. The fourth-order valence-electron chi connectivity index (χ4n) is 1.34. The van der Waals surface area contributed by atoms with Crippen LogP contribution in [0.5, 0.6) is 11.5 Å². The molecule has 0 unspecified atom stereocenters. The van der Waals surface area contributed by atoms with Gasteiger partial charge < -0.3 is 9.47 Å². The van der Waals surface area contributed by atoms with Crippen molar-refractivity contribution in [1.82, 2.24) is 0 Å². The number of alkyl halides is 3. The molecule has 0 radical (unpaired) electrons. The van der Waals surface area contributed by atoms with Crippen LogP contribution in [0.1, 0.15) is 0 Å². The number of nitrogens with one attached hydrogen (secondary N) is 1. The lowest BCUT2D eigenvalue weighted by molar-refractivity contribution is -0.286. The van der Waals surface area contributed by atoms with Crippen LogP contribution in [0.25, 0.3) is 0 Å². The van der Waals surface area contributed by atoms with Crippen molar-refractivity contribution in [1.29, 1.82) is 0 Å². The standard InChI is InChI=1S/C9H8ClF2NO4S/c10-3-4-18(14,15)13-6-1-2-7-8(5-6)17-9(11,12)16-7/h1-2,5,13H,3-4H2. The Morgan fingerprint density at radius 1 is 1.28 bits per heavy atom. The third-order valence-electron chi connectivity index (χ3n) is 2.02. The van der Waals surface area contributed by atoms with Crippen molar-refractivity contribution in [3.8, 4) is 11.5 Å². The maximum absolute atomic E-state index is 12.7. The molecule has 100 valence electrons. The van der Waals surface area contributed by atoms with Crippen molar-refractivity contribution in [3.05, 3.63) is 18.2 Å². The molecule has 9 heteroatoms. The molecule has 2 rings (SSSR count). The molecule has 18 heavy (non-hydrogen) atoms. The SMILES string of the molecule is O=S(=O)(CCCl)Nc1ccc2c(c1)OC(F)(F)O2. The number of halogens is 3. The summed E-state index contributed by atoms with van der Waals surface area (Å²) in [4.78, 5) is 0. The summed E-state index contributed by atoms with van der Waals surface area (Å²) < 4.78 is 58.8. The van der Waals surface area contributed by atoms with Crippen LogP contribution in [0.15, 0.2) is 18.2 Å². The molecule has 0 bridgehead atoms. The van der Waals surface area contributed by atoms with Gasteiger partial charge in [0.15, 0.2) is 11.5 Å². The Balaban J connectivity index is 2.19. The van der Waals surface area contributed by atoms with E-state index in [1.54, 1.807) is 0 Å². The second-order valence-corrected chi connectivity index (χ2v) is 5.66. The number of sulfonamides is 1. The third kappa shape index (κ3) is 2.94. The molecular formula is C9H8ClF2NO4S. The second kappa shape index (κ2) is 4.43. The molecule has 5 nitrogen and oxygen atoms in total. The van der Waals surface area contributed by atoms with Crippen LogP contribution < -0.4 is 14.2 Å². The number of hydrogen-bond acceptors (Lipinski definition) is 4. The average molecular weight is 300 g/mol. The van der Waals surface area contributed by atoms with E-state index in [0.717, 1.165) is 6.07 Å². The molecule has 0 aliphatic carbocycles. The predicted molar refractivity (Wildman–Crippen MR) is 60.8 cm³/mol. The summed E-state index contributed by atoms with van der Waals surface area (Å²) in [6.45, 7) is 0. The molecule has 1 aliphatic heterocycles. The largest absolute Gasteiger partial charge is 0.586 e. The minimum atomic E-state index is -3.73. The molecule has 1 aromatic rings. The molecule has 0 fully saturated rings. The Bertz CT molecular complexity index is 564. The zero-order valence-electron chi connectivity index (χ0n) is 8.82. The number of fused-ring (bicyclic) bond motifs is 1. The van der Waals surface area contributed by atoms with Gasteiger partial charge in [-0.15, -0.1) is 20.4 Å². The third-order valence-corrected chi connectivity index (χ3v) is 3.72. The van der Waals surface area contributed by atoms with Crippen LogP contribution in [0, 0.1) is 0 Å². The van der Waals surface area contributed by atoms with Crippen molar-refractivity contribution in [3.63, 3.8) is 0 Å². The van der Waals surface area contributed by atoms with Gasteiger partial charge in [0, 0.05) is 11.9 Å². The Morgan fingerprint density at radius 3 is 2.61 bits per heavy atom. The zero-order chi connectivity index (χ0) is 13.4. The summed E-state index contributed by atoms with van der Waals surface area (Å²) in [7, 11) is -3.60. The Labute approximate surface area is 107 Å². The quantitative estimate of drug-likeness (QED) is 0.864. The molecule has 0 amide bonds. The van der Waals surface area contributed by atoms with Crippen molar-refractivity contribution >= 4 is 27.3 Å². The number of hydrogen-bond donors (Lipinski definition) is 1. The first-order chi connectivity index (χ1) is 8.31. The molecular weight excluding hydrogens is 292 g/mol. The maximum Gasteiger partial charge on any atom is 0.586 e. The van der Waals surface area contributed by atoms with E-state index < -0.39 is 16.3 Å². The lowest BCUT2D eigenvalue weighted by atomic mass is 10.3. The van der Waals surface area contributed by atoms with Gasteiger partial charge in [0.1, 0.15) is 0 Å². The lowest BCUT2D eigenvalue weighted by Crippen LogP contribution is -2.25. The highest BCUT2D eigenvalue weighted by atomic mass is 35.5. The van der Waals surface area contributed by atoms with Gasteiger partial charge in [-0.25, -0.2) is 8.42 Å². The summed E-state index contributed by atoms with van der Waals surface area (Å²) in [5.74, 6) is -0.733. The average Bonchev–Trinajstić information content (AvgIpc) is 2.50. The fourth-order valence-corrected chi connectivity index (χ4v) is 2.75. The predicted octanol–water partition coefficient (Wildman–Crippen LogP) is 1.99. The van der Waals surface area contributed by atoms with Gasteiger partial charge in [0.25, 0.3) is 0 Å². The highest BCUT2D eigenvalue weighted by Crippen LogP contribution is 2.42. The van der Waals surface area contributed by atoms with Crippen molar-refractivity contribution in [2.24, 2.45) is 0 Å². The summed E-state index contributed by atoms with van der Waals surface area (Å²) in [6, 6.07) is 3.59. The van der Waals surface area contributed by atoms with Gasteiger partial charge in [-0.05, 0) is 12.1 Å². The fraction of sp³-hybridized carbons (Fsp3) is 0.333. The summed E-state index contributed by atoms with van der Waals surface area (Å²) in [5.41, 5.74) is 0.0974. The number of anilines is 1. The van der Waals surface area contributed by atoms with E-state index in [-0.39, 0.29) is 28.8 Å². The first kappa shape index (κ1) is 13.2. The molecule has 0 saturated carbocycles. The highest BCUT2D eigenvalue weighted by molar-refractivity contribution is 7.92. The van der Waals surface area contributed by atoms with Gasteiger partial charge in [-0.3, -0.25) is 4.72 Å². The zero-order valence-corrected chi connectivity index (χ0v) is 10.4. The molecule has 1 N–H and O–H groups in total. The lowest BCUT2D eigenvalue weighted by Gasteiger charge is -2.06. The maximum atomic E-state index is 12.7. The van der Waals surface area contributed by atoms with Crippen LogP contribution in [0.2, 0.25) is 0 Å². The topological polar surface area (TPSA) is 64.6 Å². The van der Waals surface area contributed by atoms with Crippen LogP contribution in [-0.4, -0.2) is 26.3 Å². The van der Waals surface area contributed by atoms with E-state index in [1.165, 1.54) is 12.1 Å². The van der Waals surface area contributed by atoms with E-state index >= 15 is 0 Å². The van der Waals surface area contributed by atoms with E-state index in [4.69, 9.17) is 11.6 Å². The number of rotatable bonds is 4. The Kier molecular flexibility index (Phi) is 3.24. The smallest absolute Gasteiger partial charge is 0.395 e. The van der Waals surface area contributed by atoms with E-state index in [9.17, 15) is 17.2 Å². The minimum absolute atomic E-state index is 0.0715. The first-order valence-electron chi connectivity index (χ1n) is 4.78. The first-order valence-corrected chi connectivity index (χ1v) is 6.96. The second-order valence-electron chi connectivity index (χ2n) is 3.44. The van der Waals surface area contributed by atoms with Gasteiger partial charge in [0.05, 0.1) is 11.4 Å². The van der Waals surface area contributed by atoms with Crippen LogP contribution in [-0.2, 0) is 10.0 Å². The van der Waals surface area contributed by atoms with Crippen molar-refractivity contribution in [2.75, 3.05) is 16.4 Å². The Hall–Kier alpha value is -1.28. The molecule has 1 aliphatic rings. The van der Waals surface area contributed by atoms with Crippen molar-refractivity contribution in [2.45, 2.75) is 6.29 Å². The van der Waals surface area contributed by atoms with E-state index in [0.29, 0.717) is 0 Å². The number of benzene rings is 1. The summed E-state index contributed by atoms with van der Waals surface area (Å²) >= 11 is 5.32. The van der Waals surface area contributed by atoms with Crippen LogP contribution >= 0.6 is 11.6 Å². The molecule has 1 aromatic carbocycles. The normalized spacial score (nSPS) is 16.6. The van der Waals surface area contributed by atoms with Gasteiger partial charge in [-0.1, -0.05) is 0 Å². The van der Waals surface area contributed by atoms with Gasteiger partial charge >= 0.3 is 6.29 Å². The molecule has 0 saturated heterocycles. The molecule has 1 heterocycles. The van der Waals surface area contributed by atoms with Gasteiger partial charge in [-0.2, -0.15) is 0 Å². The van der Waals surface area contributed by atoms with Crippen molar-refractivity contribution < 1.29 is 26.7 Å². The minimum Gasteiger partial charge on any atom is -0.395 e. The molecule has 0 atom stereocenters. The highest BCUT2D eigenvalue weighted by Gasteiger charge is 2.43. The monoisotopic (exact) mass is 299 g/mol. The summed E-state index contributed by atoms with van der Waals surface area (Å²) in [5, 5.41) is 0. The van der Waals surface area contributed by atoms with Crippen LogP contribution in [0.3, 0.4) is 0 Å². The van der Waals surface area contributed by atoms with Gasteiger partial charge in [0.2, 0.25) is 10.0 Å². The van der Waals surface area contributed by atoms with E-state index in [1.807, 2.05) is 0 Å².